The van der Waals surface area contributed by atoms with Crippen LogP contribution in [-0.2, 0) is 9.47 Å². The highest BCUT2D eigenvalue weighted by Crippen LogP contribution is 1.91. The number of hydrogen-bond donors (Lipinski definition) is 2. The molecule has 0 unspecified atom stereocenters. The van der Waals surface area contributed by atoms with Crippen molar-refractivity contribution in [3.8, 4) is 0 Å². The number of nitrogens with one attached hydrogen (secondary N) is 2. The van der Waals surface area contributed by atoms with Crippen molar-refractivity contribution in [2.45, 2.75) is 39.7 Å². The minimum atomic E-state index is 0.403. The highest BCUT2D eigenvalue weighted by molar-refractivity contribution is 5.79. The van der Waals surface area contributed by atoms with Gasteiger partial charge in [-0.15, -0.1) is 0 Å². The fourth-order valence-corrected chi connectivity index (χ4v) is 1.34. The molecule has 0 aliphatic rings. The van der Waals surface area contributed by atoms with Crippen molar-refractivity contribution in [2.24, 2.45) is 4.99 Å². The van der Waals surface area contributed by atoms with Crippen LogP contribution in [0.4, 0.5) is 0 Å². The number of ether oxygens (including phenoxy) is 2. The number of hydrogen-bond acceptors (Lipinski definition) is 3. The molecule has 0 atom stereocenters. The lowest BCUT2D eigenvalue weighted by Crippen LogP contribution is -2.41. The summed E-state index contributed by atoms with van der Waals surface area (Å²) in [5.74, 6) is 0.896. The van der Waals surface area contributed by atoms with E-state index in [1.54, 1.807) is 7.11 Å². The van der Waals surface area contributed by atoms with Crippen molar-refractivity contribution in [1.29, 1.82) is 0 Å². The van der Waals surface area contributed by atoms with E-state index >= 15 is 0 Å². The Balaban J connectivity index is 3.56. The van der Waals surface area contributed by atoms with Crippen LogP contribution < -0.4 is 10.6 Å². The summed E-state index contributed by atoms with van der Waals surface area (Å²) in [4.78, 5) is 4.50. The Morgan fingerprint density at radius 1 is 1.17 bits per heavy atom. The van der Waals surface area contributed by atoms with Crippen molar-refractivity contribution in [1.82, 2.24) is 10.6 Å². The third-order valence-electron chi connectivity index (χ3n) is 2.17. The number of aliphatic imine (C=N–C) groups is 1. The molecule has 0 rings (SSSR count). The number of guanidine groups is 1. The second-order valence-electron chi connectivity index (χ2n) is 4.37. The maximum Gasteiger partial charge on any atom is 0.191 e. The van der Waals surface area contributed by atoms with E-state index in [1.807, 2.05) is 0 Å². The summed E-state index contributed by atoms with van der Waals surface area (Å²) in [5.41, 5.74) is 0. The third-order valence-corrected chi connectivity index (χ3v) is 2.17. The van der Waals surface area contributed by atoms with E-state index in [9.17, 15) is 0 Å². The quantitative estimate of drug-likeness (QED) is 0.354. The molecular formula is C13H29N3O2. The van der Waals surface area contributed by atoms with Crippen LogP contribution in [-0.4, -0.2) is 52.0 Å². The van der Waals surface area contributed by atoms with Gasteiger partial charge in [0.25, 0.3) is 0 Å². The van der Waals surface area contributed by atoms with E-state index in [0.717, 1.165) is 38.5 Å². The zero-order valence-corrected chi connectivity index (χ0v) is 12.3. The summed E-state index contributed by atoms with van der Waals surface area (Å²) in [7, 11) is 1.68. The van der Waals surface area contributed by atoms with E-state index in [2.05, 4.69) is 36.4 Å². The first-order valence-electron chi connectivity index (χ1n) is 6.82. The minimum Gasteiger partial charge on any atom is -0.382 e. The molecule has 108 valence electrons. The molecule has 0 heterocycles. The van der Waals surface area contributed by atoms with Gasteiger partial charge in [-0.2, -0.15) is 0 Å². The molecule has 0 spiro atoms. The average Bonchev–Trinajstić information content (AvgIpc) is 2.32. The molecule has 18 heavy (non-hydrogen) atoms. The van der Waals surface area contributed by atoms with Gasteiger partial charge in [-0.3, -0.25) is 4.99 Å². The van der Waals surface area contributed by atoms with Crippen LogP contribution in [0.15, 0.2) is 4.99 Å². The van der Waals surface area contributed by atoms with Crippen LogP contribution in [0.2, 0.25) is 0 Å². The van der Waals surface area contributed by atoms with Gasteiger partial charge in [0.1, 0.15) is 0 Å². The first-order chi connectivity index (χ1) is 8.70. The van der Waals surface area contributed by atoms with E-state index < -0.39 is 0 Å². The Kier molecular flexibility index (Phi) is 12.1. The summed E-state index contributed by atoms with van der Waals surface area (Å²) in [6.07, 6.45) is 2.08. The van der Waals surface area contributed by atoms with Gasteiger partial charge in [-0.1, -0.05) is 0 Å². The fourth-order valence-electron chi connectivity index (χ4n) is 1.34. The van der Waals surface area contributed by atoms with Crippen molar-refractivity contribution >= 4 is 5.96 Å². The molecule has 0 fully saturated rings. The fraction of sp³-hybridized carbons (Fsp3) is 0.923. The lowest BCUT2D eigenvalue weighted by Gasteiger charge is -2.13. The predicted octanol–water partition coefficient (Wildman–Crippen LogP) is 1.39. The number of nitrogens with zero attached hydrogens (tertiary/aromatic N) is 1. The van der Waals surface area contributed by atoms with Crippen molar-refractivity contribution in [2.75, 3.05) is 40.0 Å². The van der Waals surface area contributed by atoms with Crippen LogP contribution in [0.25, 0.3) is 0 Å². The standard InChI is InChI=1S/C13H29N3O2/c1-5-14-13(16-12(2)3)15-8-6-7-9-18-11-10-17-4/h12H,5-11H2,1-4H3,(H2,14,15,16). The van der Waals surface area contributed by atoms with Gasteiger partial charge in [-0.25, -0.2) is 0 Å². The van der Waals surface area contributed by atoms with Crippen LogP contribution in [0.5, 0.6) is 0 Å². The molecule has 0 saturated carbocycles. The first kappa shape index (κ1) is 17.2. The van der Waals surface area contributed by atoms with E-state index in [1.165, 1.54) is 0 Å². The van der Waals surface area contributed by atoms with E-state index in [-0.39, 0.29) is 0 Å². The van der Waals surface area contributed by atoms with Gasteiger partial charge in [-0.05, 0) is 33.6 Å². The zero-order valence-electron chi connectivity index (χ0n) is 12.3. The summed E-state index contributed by atoms with van der Waals surface area (Å²) in [6.45, 7) is 10.1. The van der Waals surface area contributed by atoms with Crippen molar-refractivity contribution in [3.05, 3.63) is 0 Å². The zero-order chi connectivity index (χ0) is 13.6. The molecule has 0 bridgehead atoms. The molecule has 0 aliphatic carbocycles. The van der Waals surface area contributed by atoms with Gasteiger partial charge in [0, 0.05) is 32.8 Å². The monoisotopic (exact) mass is 259 g/mol. The third kappa shape index (κ3) is 11.7. The number of rotatable bonds is 10. The second kappa shape index (κ2) is 12.6. The smallest absolute Gasteiger partial charge is 0.191 e. The van der Waals surface area contributed by atoms with Crippen LogP contribution in [0, 0.1) is 0 Å². The predicted molar refractivity (Wildman–Crippen MR) is 76.2 cm³/mol. The molecule has 0 amide bonds. The summed E-state index contributed by atoms with van der Waals surface area (Å²) >= 11 is 0. The molecule has 0 saturated heterocycles. The maximum absolute atomic E-state index is 5.39. The highest BCUT2D eigenvalue weighted by atomic mass is 16.5. The number of unbranched alkanes of at least 4 members (excludes halogenated alkanes) is 1. The summed E-state index contributed by atoms with van der Waals surface area (Å²) < 4.78 is 10.3. The van der Waals surface area contributed by atoms with Crippen molar-refractivity contribution in [3.63, 3.8) is 0 Å². The summed E-state index contributed by atoms with van der Waals surface area (Å²) in [6, 6.07) is 0.403. The lowest BCUT2D eigenvalue weighted by atomic mass is 10.3. The molecule has 5 heteroatoms. The van der Waals surface area contributed by atoms with Crippen LogP contribution >= 0.6 is 0 Å². The van der Waals surface area contributed by atoms with Gasteiger partial charge in [0.15, 0.2) is 5.96 Å². The Morgan fingerprint density at radius 3 is 2.56 bits per heavy atom. The highest BCUT2D eigenvalue weighted by Gasteiger charge is 1.98. The lowest BCUT2D eigenvalue weighted by molar-refractivity contribution is 0.0690. The molecule has 0 aromatic heterocycles. The molecule has 2 N–H and O–H groups in total. The normalized spacial score (nSPS) is 11.9. The Hall–Kier alpha value is -0.810. The second-order valence-corrected chi connectivity index (χ2v) is 4.37. The molecule has 5 nitrogen and oxygen atoms in total. The Labute approximate surface area is 111 Å². The molecule has 0 aromatic carbocycles. The molecule has 0 aliphatic heterocycles. The molecule has 0 aromatic rings. The Morgan fingerprint density at radius 2 is 1.94 bits per heavy atom. The first-order valence-corrected chi connectivity index (χ1v) is 6.82. The SMILES string of the molecule is CCNC(=NCCCCOCCOC)NC(C)C. The van der Waals surface area contributed by atoms with Gasteiger partial charge in [0.05, 0.1) is 13.2 Å². The molecule has 0 radical (unpaired) electrons. The van der Waals surface area contributed by atoms with Crippen LogP contribution in [0.3, 0.4) is 0 Å². The Bertz CT molecular complexity index is 208. The summed E-state index contributed by atoms with van der Waals surface area (Å²) in [5, 5.41) is 6.51. The van der Waals surface area contributed by atoms with E-state index in [4.69, 9.17) is 9.47 Å². The largest absolute Gasteiger partial charge is 0.382 e. The van der Waals surface area contributed by atoms with Gasteiger partial charge < -0.3 is 20.1 Å². The van der Waals surface area contributed by atoms with Crippen molar-refractivity contribution < 1.29 is 9.47 Å². The minimum absolute atomic E-state index is 0.403. The number of methoxy groups -OCH3 is 1. The van der Waals surface area contributed by atoms with Gasteiger partial charge in [0.2, 0.25) is 0 Å². The van der Waals surface area contributed by atoms with E-state index in [0.29, 0.717) is 19.3 Å². The van der Waals surface area contributed by atoms with Crippen LogP contribution in [0.1, 0.15) is 33.6 Å². The topological polar surface area (TPSA) is 54.9 Å². The average molecular weight is 259 g/mol. The van der Waals surface area contributed by atoms with Gasteiger partial charge >= 0.3 is 0 Å². The maximum atomic E-state index is 5.39. The molecular weight excluding hydrogens is 230 g/mol.